The Morgan fingerprint density at radius 3 is 2.40 bits per heavy atom. The Hall–Kier alpha value is -0.780. The summed E-state index contributed by atoms with van der Waals surface area (Å²) in [5, 5.41) is 2.81. The predicted molar refractivity (Wildman–Crippen MR) is 51.4 cm³/mol. The highest BCUT2D eigenvalue weighted by Crippen LogP contribution is 2.19. The van der Waals surface area contributed by atoms with Gasteiger partial charge in [-0.05, 0) is 7.05 Å². The molecule has 0 aromatic rings. The summed E-state index contributed by atoms with van der Waals surface area (Å²) < 4.78 is 35.6. The molecule has 0 spiro atoms. The molecule has 1 amide bonds. The minimum atomic E-state index is -4.21. The lowest BCUT2D eigenvalue weighted by Crippen LogP contribution is -2.37. The molecule has 1 unspecified atom stereocenters. The molecule has 3 nitrogen and oxygen atoms in total. The lowest BCUT2D eigenvalue weighted by atomic mass is 10.1. The minimum absolute atomic E-state index is 0.270. The molecule has 0 aromatic heterocycles. The van der Waals surface area contributed by atoms with Crippen LogP contribution in [0.1, 0.15) is 13.3 Å². The van der Waals surface area contributed by atoms with E-state index in [1.807, 2.05) is 0 Å². The molecule has 0 saturated carbocycles. The molecule has 1 atom stereocenters. The van der Waals surface area contributed by atoms with E-state index in [1.165, 1.54) is 7.05 Å². The van der Waals surface area contributed by atoms with Gasteiger partial charge in [0, 0.05) is 26.1 Å². The molecular weight excluding hydrogens is 209 g/mol. The van der Waals surface area contributed by atoms with E-state index in [2.05, 4.69) is 5.32 Å². The van der Waals surface area contributed by atoms with Gasteiger partial charge in [-0.25, -0.2) is 0 Å². The quantitative estimate of drug-likeness (QED) is 0.765. The fourth-order valence-corrected chi connectivity index (χ4v) is 1.17. The van der Waals surface area contributed by atoms with Gasteiger partial charge in [-0.1, -0.05) is 6.92 Å². The molecule has 0 radical (unpaired) electrons. The average molecular weight is 226 g/mol. The molecule has 90 valence electrons. The van der Waals surface area contributed by atoms with E-state index in [4.69, 9.17) is 0 Å². The predicted octanol–water partition coefficient (Wildman–Crippen LogP) is 1.25. The fourth-order valence-electron chi connectivity index (χ4n) is 1.17. The van der Waals surface area contributed by atoms with Gasteiger partial charge in [-0.15, -0.1) is 0 Å². The maximum absolute atomic E-state index is 11.9. The van der Waals surface area contributed by atoms with Gasteiger partial charge < -0.3 is 10.2 Å². The van der Waals surface area contributed by atoms with Crippen molar-refractivity contribution in [3.8, 4) is 0 Å². The second-order valence-corrected chi connectivity index (χ2v) is 3.58. The van der Waals surface area contributed by atoms with Crippen LogP contribution in [0.2, 0.25) is 0 Å². The van der Waals surface area contributed by atoms with Gasteiger partial charge in [-0.2, -0.15) is 13.2 Å². The third-order valence-corrected chi connectivity index (χ3v) is 2.04. The van der Waals surface area contributed by atoms with Crippen LogP contribution in [-0.2, 0) is 4.79 Å². The fraction of sp³-hybridized carbons (Fsp3) is 0.889. The standard InChI is InChI=1S/C9H17F3N2O/c1-7(6-13-2)8(15)14(3)5-4-9(10,11)12/h7,13H,4-6H2,1-3H3. The Labute approximate surface area is 87.6 Å². The van der Waals surface area contributed by atoms with E-state index < -0.39 is 12.6 Å². The van der Waals surface area contributed by atoms with Crippen molar-refractivity contribution in [2.45, 2.75) is 19.5 Å². The van der Waals surface area contributed by atoms with E-state index in [0.29, 0.717) is 6.54 Å². The van der Waals surface area contributed by atoms with Gasteiger partial charge in [0.2, 0.25) is 5.91 Å². The molecule has 0 heterocycles. The largest absolute Gasteiger partial charge is 0.390 e. The van der Waals surface area contributed by atoms with Gasteiger partial charge in [0.1, 0.15) is 0 Å². The molecule has 6 heteroatoms. The Morgan fingerprint density at radius 2 is 2.00 bits per heavy atom. The van der Waals surface area contributed by atoms with Crippen LogP contribution >= 0.6 is 0 Å². The molecule has 0 aromatic carbocycles. The number of halogens is 3. The number of rotatable bonds is 5. The highest BCUT2D eigenvalue weighted by molar-refractivity contribution is 5.78. The minimum Gasteiger partial charge on any atom is -0.345 e. The van der Waals surface area contributed by atoms with Gasteiger partial charge in [0.15, 0.2) is 0 Å². The number of carbonyl (C=O) groups excluding carboxylic acids is 1. The Balaban J connectivity index is 3.99. The van der Waals surface area contributed by atoms with Crippen LogP contribution in [0.4, 0.5) is 13.2 Å². The van der Waals surface area contributed by atoms with E-state index >= 15 is 0 Å². The van der Waals surface area contributed by atoms with Crippen LogP contribution in [0.3, 0.4) is 0 Å². The van der Waals surface area contributed by atoms with Crippen LogP contribution in [0.5, 0.6) is 0 Å². The summed E-state index contributed by atoms with van der Waals surface area (Å²) in [6.45, 7) is 1.87. The highest BCUT2D eigenvalue weighted by Gasteiger charge is 2.28. The van der Waals surface area contributed by atoms with E-state index in [0.717, 1.165) is 4.90 Å². The first-order valence-electron chi connectivity index (χ1n) is 4.74. The van der Waals surface area contributed by atoms with Crippen molar-refractivity contribution in [1.29, 1.82) is 0 Å². The molecule has 0 rings (SSSR count). The smallest absolute Gasteiger partial charge is 0.345 e. The van der Waals surface area contributed by atoms with E-state index in [9.17, 15) is 18.0 Å². The molecule has 1 N–H and O–H groups in total. The zero-order chi connectivity index (χ0) is 12.1. The number of nitrogens with one attached hydrogen (secondary N) is 1. The van der Waals surface area contributed by atoms with Crippen LogP contribution in [0.15, 0.2) is 0 Å². The van der Waals surface area contributed by atoms with E-state index in [1.54, 1.807) is 14.0 Å². The first-order valence-corrected chi connectivity index (χ1v) is 4.74. The monoisotopic (exact) mass is 226 g/mol. The van der Waals surface area contributed by atoms with E-state index in [-0.39, 0.29) is 18.4 Å². The maximum Gasteiger partial charge on any atom is 0.390 e. The molecule has 0 fully saturated rings. The number of carbonyl (C=O) groups is 1. The number of amides is 1. The summed E-state index contributed by atoms with van der Waals surface area (Å²) in [5.41, 5.74) is 0. The number of nitrogens with zero attached hydrogens (tertiary/aromatic N) is 1. The summed E-state index contributed by atoms with van der Waals surface area (Å²) in [6, 6.07) is 0. The summed E-state index contributed by atoms with van der Waals surface area (Å²) in [7, 11) is 3.08. The maximum atomic E-state index is 11.9. The van der Waals surface area contributed by atoms with Crippen molar-refractivity contribution < 1.29 is 18.0 Å². The normalized spacial score (nSPS) is 13.7. The summed E-state index contributed by atoms with van der Waals surface area (Å²) in [6.07, 6.45) is -5.16. The molecular formula is C9H17F3N2O. The lowest BCUT2D eigenvalue weighted by Gasteiger charge is -2.21. The second-order valence-electron chi connectivity index (χ2n) is 3.58. The van der Waals surface area contributed by atoms with Crippen LogP contribution in [0.25, 0.3) is 0 Å². The van der Waals surface area contributed by atoms with Gasteiger partial charge in [-0.3, -0.25) is 4.79 Å². The van der Waals surface area contributed by atoms with Gasteiger partial charge in [0.05, 0.1) is 6.42 Å². The number of hydrogen-bond acceptors (Lipinski definition) is 2. The first-order chi connectivity index (χ1) is 6.78. The third kappa shape index (κ3) is 6.33. The zero-order valence-corrected chi connectivity index (χ0v) is 9.19. The summed E-state index contributed by atoms with van der Waals surface area (Å²) >= 11 is 0. The molecule has 0 saturated heterocycles. The molecule has 0 aliphatic rings. The third-order valence-electron chi connectivity index (χ3n) is 2.04. The number of alkyl halides is 3. The van der Waals surface area contributed by atoms with Crippen molar-refractivity contribution in [1.82, 2.24) is 10.2 Å². The summed E-state index contributed by atoms with van der Waals surface area (Å²) in [4.78, 5) is 12.6. The van der Waals surface area contributed by atoms with Crippen molar-refractivity contribution >= 4 is 5.91 Å². The lowest BCUT2D eigenvalue weighted by molar-refractivity contribution is -0.145. The van der Waals surface area contributed by atoms with Crippen molar-refractivity contribution in [3.63, 3.8) is 0 Å². The van der Waals surface area contributed by atoms with Gasteiger partial charge >= 0.3 is 6.18 Å². The van der Waals surface area contributed by atoms with Gasteiger partial charge in [0.25, 0.3) is 0 Å². The molecule has 0 aliphatic heterocycles. The van der Waals surface area contributed by atoms with Crippen molar-refractivity contribution in [3.05, 3.63) is 0 Å². The highest BCUT2D eigenvalue weighted by atomic mass is 19.4. The van der Waals surface area contributed by atoms with Crippen molar-refractivity contribution in [2.24, 2.45) is 5.92 Å². The Kier molecular flexibility index (Phi) is 5.64. The van der Waals surface area contributed by atoms with Crippen LogP contribution in [0, 0.1) is 5.92 Å². The number of hydrogen-bond donors (Lipinski definition) is 1. The molecule has 0 bridgehead atoms. The molecule has 15 heavy (non-hydrogen) atoms. The topological polar surface area (TPSA) is 32.3 Å². The van der Waals surface area contributed by atoms with Crippen LogP contribution in [-0.4, -0.2) is 44.2 Å². The average Bonchev–Trinajstić information content (AvgIpc) is 2.12. The SMILES string of the molecule is CNCC(C)C(=O)N(C)CCC(F)(F)F. The summed E-state index contributed by atoms with van der Waals surface area (Å²) in [5.74, 6) is -0.568. The first kappa shape index (κ1) is 14.2. The van der Waals surface area contributed by atoms with Crippen LogP contribution < -0.4 is 5.32 Å². The molecule has 0 aliphatic carbocycles. The van der Waals surface area contributed by atoms with Crippen molar-refractivity contribution in [2.75, 3.05) is 27.2 Å². The Morgan fingerprint density at radius 1 is 1.47 bits per heavy atom. The zero-order valence-electron chi connectivity index (χ0n) is 9.19. The second kappa shape index (κ2) is 5.95. The Bertz CT molecular complexity index is 206.